The van der Waals surface area contributed by atoms with Crippen molar-refractivity contribution >= 4 is 34.3 Å². The summed E-state index contributed by atoms with van der Waals surface area (Å²) in [6.07, 6.45) is 0.107. The fraction of sp³-hybridized carbons (Fsp3) is 0.250. The number of hydrogen-bond donors (Lipinski definition) is 1. The second-order valence-electron chi connectivity index (χ2n) is 8.63. The largest absolute Gasteiger partial charge is 0.493 e. The van der Waals surface area contributed by atoms with Gasteiger partial charge in [-0.15, -0.1) is 0 Å². The average Bonchev–Trinajstić information content (AvgIpc) is 3.53. The van der Waals surface area contributed by atoms with Crippen LogP contribution in [0.15, 0.2) is 54.1 Å². The van der Waals surface area contributed by atoms with Crippen LogP contribution in [0.1, 0.15) is 16.7 Å². The van der Waals surface area contributed by atoms with Gasteiger partial charge in [-0.1, -0.05) is 6.07 Å². The summed E-state index contributed by atoms with van der Waals surface area (Å²) in [5, 5.41) is 12.1. The first-order chi connectivity index (χ1) is 18.9. The Morgan fingerprint density at radius 3 is 2.10 bits per heavy atom. The van der Waals surface area contributed by atoms with Gasteiger partial charge in [0.25, 0.3) is 5.79 Å². The lowest BCUT2D eigenvalue weighted by Crippen LogP contribution is -2.30. The molecule has 1 aromatic heterocycles. The molecule has 39 heavy (non-hydrogen) atoms. The Hall–Kier alpha value is -4.35. The number of aliphatic hydroxyl groups is 1. The summed E-state index contributed by atoms with van der Waals surface area (Å²) in [5.41, 5.74) is 3.39. The molecule has 0 fully saturated rings. The lowest BCUT2D eigenvalue weighted by molar-refractivity contribution is -0.185. The zero-order valence-corrected chi connectivity index (χ0v) is 22.8. The Bertz CT molecular complexity index is 1570. The normalized spacial score (nSPS) is 16.8. The number of aromatic nitrogens is 2. The standard InChI is InChI=1S/C28H26N2O8S/c1-33-21-9-7-17(14-22(21)34-2)28(32)18(10-15-11-23(35-3)26(37-5)24(12-15)36-4)25(27(31)38-28)16-6-8-19-20(13-16)30-39-29-19/h6-9,11-14,32H,10H2,1-5H3. The first-order valence-electron chi connectivity index (χ1n) is 11.8. The van der Waals surface area contributed by atoms with Crippen LogP contribution in [-0.4, -0.2) is 55.4 Å². The SMILES string of the molecule is COc1ccc(C2(O)OC(=O)C(c3ccc4nsnc4c3)=C2Cc2cc(OC)c(OC)c(OC)c2)cc1OC. The lowest BCUT2D eigenvalue weighted by Gasteiger charge is -2.26. The summed E-state index contributed by atoms with van der Waals surface area (Å²) in [4.78, 5) is 13.5. The van der Waals surface area contributed by atoms with Crippen molar-refractivity contribution in [1.82, 2.24) is 8.75 Å². The van der Waals surface area contributed by atoms with Gasteiger partial charge in [0, 0.05) is 17.6 Å². The summed E-state index contributed by atoms with van der Waals surface area (Å²) in [5.74, 6) is -0.666. The van der Waals surface area contributed by atoms with Gasteiger partial charge in [0.1, 0.15) is 11.0 Å². The van der Waals surface area contributed by atoms with E-state index in [1.165, 1.54) is 35.5 Å². The van der Waals surface area contributed by atoms with Crippen LogP contribution in [-0.2, 0) is 21.7 Å². The highest BCUT2D eigenvalue weighted by Crippen LogP contribution is 2.48. The highest BCUT2D eigenvalue weighted by atomic mass is 32.1. The highest BCUT2D eigenvalue weighted by Gasteiger charge is 2.48. The van der Waals surface area contributed by atoms with Crippen LogP contribution in [0.3, 0.4) is 0 Å². The predicted molar refractivity (Wildman–Crippen MR) is 144 cm³/mol. The van der Waals surface area contributed by atoms with Crippen LogP contribution in [0.5, 0.6) is 28.7 Å². The minimum absolute atomic E-state index is 0.107. The fourth-order valence-corrected chi connectivity index (χ4v) is 5.22. The van der Waals surface area contributed by atoms with E-state index in [4.69, 9.17) is 28.4 Å². The third-order valence-corrected chi connectivity index (χ3v) is 7.13. The van der Waals surface area contributed by atoms with Crippen LogP contribution >= 0.6 is 11.7 Å². The Kier molecular flexibility index (Phi) is 7.02. The average molecular weight is 551 g/mol. The van der Waals surface area contributed by atoms with E-state index in [1.54, 1.807) is 48.5 Å². The Labute approximate surface area is 228 Å². The molecule has 0 amide bonds. The van der Waals surface area contributed by atoms with Crippen LogP contribution in [0.4, 0.5) is 0 Å². The van der Waals surface area contributed by atoms with Crippen LogP contribution in [0.2, 0.25) is 0 Å². The summed E-state index contributed by atoms with van der Waals surface area (Å²) in [7, 11) is 7.56. The van der Waals surface area contributed by atoms with E-state index < -0.39 is 11.8 Å². The van der Waals surface area contributed by atoms with Crippen molar-refractivity contribution in [2.75, 3.05) is 35.5 Å². The zero-order valence-electron chi connectivity index (χ0n) is 21.9. The molecule has 1 N–H and O–H groups in total. The molecule has 0 spiro atoms. The molecule has 202 valence electrons. The number of carbonyl (C=O) groups is 1. The maximum absolute atomic E-state index is 13.5. The predicted octanol–water partition coefficient (Wildman–Crippen LogP) is 4.13. The number of fused-ring (bicyclic) bond motifs is 1. The fourth-order valence-electron chi connectivity index (χ4n) is 4.70. The van der Waals surface area contributed by atoms with Gasteiger partial charge >= 0.3 is 5.97 Å². The second-order valence-corrected chi connectivity index (χ2v) is 9.16. The number of benzene rings is 3. The summed E-state index contributed by atoms with van der Waals surface area (Å²) >= 11 is 1.08. The molecule has 4 aromatic rings. The number of hydrogen-bond acceptors (Lipinski definition) is 11. The van der Waals surface area contributed by atoms with E-state index in [-0.39, 0.29) is 12.0 Å². The van der Waals surface area contributed by atoms with Gasteiger partial charge in [0.05, 0.1) is 52.9 Å². The van der Waals surface area contributed by atoms with Gasteiger partial charge in [-0.3, -0.25) is 0 Å². The number of ether oxygens (including phenoxy) is 6. The van der Waals surface area contributed by atoms with Gasteiger partial charge in [-0.25, -0.2) is 4.79 Å². The van der Waals surface area contributed by atoms with Crippen molar-refractivity contribution in [3.8, 4) is 28.7 Å². The number of carbonyl (C=O) groups excluding carboxylic acids is 1. The Morgan fingerprint density at radius 2 is 1.46 bits per heavy atom. The smallest absolute Gasteiger partial charge is 0.342 e. The van der Waals surface area contributed by atoms with Crippen LogP contribution in [0.25, 0.3) is 16.6 Å². The van der Waals surface area contributed by atoms with E-state index >= 15 is 0 Å². The van der Waals surface area contributed by atoms with Crippen molar-refractivity contribution in [3.63, 3.8) is 0 Å². The van der Waals surface area contributed by atoms with E-state index in [0.717, 1.165) is 11.7 Å². The molecule has 1 aliphatic heterocycles. The molecule has 0 bridgehead atoms. The van der Waals surface area contributed by atoms with Crippen LogP contribution in [0, 0.1) is 0 Å². The van der Waals surface area contributed by atoms with Crippen molar-refractivity contribution < 1.29 is 38.3 Å². The molecular weight excluding hydrogens is 524 g/mol. The van der Waals surface area contributed by atoms with Crippen molar-refractivity contribution in [2.45, 2.75) is 12.2 Å². The minimum Gasteiger partial charge on any atom is -0.493 e. The van der Waals surface area contributed by atoms with E-state index in [0.29, 0.717) is 62.0 Å². The van der Waals surface area contributed by atoms with Gasteiger partial charge in [-0.05, 0) is 53.6 Å². The number of cyclic esters (lactones) is 1. The maximum atomic E-state index is 13.5. The molecule has 10 nitrogen and oxygen atoms in total. The number of rotatable bonds is 9. The molecule has 0 radical (unpaired) electrons. The van der Waals surface area contributed by atoms with Crippen molar-refractivity contribution in [3.05, 3.63) is 70.8 Å². The van der Waals surface area contributed by atoms with Crippen LogP contribution < -0.4 is 23.7 Å². The quantitative estimate of drug-likeness (QED) is 0.305. The number of nitrogens with zero attached hydrogens (tertiary/aromatic N) is 2. The molecule has 0 saturated heterocycles. The first-order valence-corrected chi connectivity index (χ1v) is 12.5. The minimum atomic E-state index is -2.11. The van der Waals surface area contributed by atoms with E-state index in [1.807, 2.05) is 0 Å². The van der Waals surface area contributed by atoms with Gasteiger partial charge in [-0.2, -0.15) is 8.75 Å². The molecule has 5 rings (SSSR count). The van der Waals surface area contributed by atoms with E-state index in [9.17, 15) is 9.90 Å². The topological polar surface area (TPSA) is 118 Å². The molecule has 0 saturated carbocycles. The Morgan fingerprint density at radius 1 is 0.795 bits per heavy atom. The van der Waals surface area contributed by atoms with Gasteiger partial charge in [0.2, 0.25) is 5.75 Å². The maximum Gasteiger partial charge on any atom is 0.342 e. The zero-order chi connectivity index (χ0) is 27.7. The summed E-state index contributed by atoms with van der Waals surface area (Å²) in [6, 6.07) is 13.7. The second kappa shape index (κ2) is 10.4. The van der Waals surface area contributed by atoms with Gasteiger partial charge < -0.3 is 33.5 Å². The molecule has 0 aliphatic carbocycles. The molecule has 3 aromatic carbocycles. The molecule has 1 unspecified atom stereocenters. The monoisotopic (exact) mass is 550 g/mol. The van der Waals surface area contributed by atoms with Crippen molar-refractivity contribution in [2.24, 2.45) is 0 Å². The highest BCUT2D eigenvalue weighted by molar-refractivity contribution is 7.00. The van der Waals surface area contributed by atoms with E-state index in [2.05, 4.69) is 8.75 Å². The molecular formula is C28H26N2O8S. The molecule has 11 heteroatoms. The number of methoxy groups -OCH3 is 5. The molecule has 2 heterocycles. The number of esters is 1. The first kappa shape index (κ1) is 26.3. The van der Waals surface area contributed by atoms with Gasteiger partial charge in [0.15, 0.2) is 23.0 Å². The van der Waals surface area contributed by atoms with Crippen molar-refractivity contribution in [1.29, 1.82) is 0 Å². The third kappa shape index (κ3) is 4.49. The molecule has 1 atom stereocenters. The lowest BCUT2D eigenvalue weighted by atomic mass is 9.87. The third-order valence-electron chi connectivity index (χ3n) is 6.58. The molecule has 1 aliphatic rings. The Balaban J connectivity index is 1.73. The summed E-state index contributed by atoms with van der Waals surface area (Å²) in [6.45, 7) is 0. The summed E-state index contributed by atoms with van der Waals surface area (Å²) < 4.78 is 41.6.